The first-order valence-electron chi connectivity index (χ1n) is 6.03. The summed E-state index contributed by atoms with van der Waals surface area (Å²) in [4.78, 5) is 0. The van der Waals surface area contributed by atoms with E-state index in [4.69, 9.17) is 22.0 Å². The molecule has 0 saturated heterocycles. The second-order valence-electron chi connectivity index (χ2n) is 5.15. The lowest BCUT2D eigenvalue weighted by molar-refractivity contribution is 0.248. The summed E-state index contributed by atoms with van der Waals surface area (Å²) in [6.07, 6.45) is 1.73. The molecule has 0 amide bonds. The molecular formula is C14H19ClN2O. The number of nitriles is 1. The number of rotatable bonds is 6. The Labute approximate surface area is 113 Å². The molecule has 0 fully saturated rings. The molecule has 2 N–H and O–H groups in total. The van der Waals surface area contributed by atoms with Gasteiger partial charge < -0.3 is 10.4 Å². The molecule has 1 aromatic carbocycles. The summed E-state index contributed by atoms with van der Waals surface area (Å²) < 4.78 is 0. The lowest BCUT2D eigenvalue weighted by atomic mass is 9.88. The van der Waals surface area contributed by atoms with Crippen molar-refractivity contribution in [2.45, 2.75) is 26.7 Å². The van der Waals surface area contributed by atoms with Crippen LogP contribution in [0.25, 0.3) is 0 Å². The predicted octanol–water partition coefficient (Wildman–Crippen LogP) is 3.42. The summed E-state index contributed by atoms with van der Waals surface area (Å²) in [5.74, 6) is 0. The second-order valence-corrected chi connectivity index (χ2v) is 5.58. The Hall–Kier alpha value is -1.24. The van der Waals surface area contributed by atoms with E-state index in [1.165, 1.54) is 0 Å². The van der Waals surface area contributed by atoms with Crippen LogP contribution in [0.3, 0.4) is 0 Å². The van der Waals surface area contributed by atoms with Crippen LogP contribution in [-0.2, 0) is 0 Å². The molecule has 18 heavy (non-hydrogen) atoms. The number of aliphatic hydroxyl groups excluding tert-OH is 1. The summed E-state index contributed by atoms with van der Waals surface area (Å²) in [5, 5.41) is 21.7. The van der Waals surface area contributed by atoms with E-state index in [1.807, 2.05) is 6.07 Å². The molecule has 0 atom stereocenters. The van der Waals surface area contributed by atoms with Crippen molar-refractivity contribution >= 4 is 17.3 Å². The van der Waals surface area contributed by atoms with Crippen molar-refractivity contribution in [2.24, 2.45) is 5.41 Å². The molecule has 0 heterocycles. The molecule has 0 aliphatic carbocycles. The number of hydrogen-bond acceptors (Lipinski definition) is 3. The first kappa shape index (κ1) is 14.8. The molecular weight excluding hydrogens is 248 g/mol. The van der Waals surface area contributed by atoms with Crippen molar-refractivity contribution < 1.29 is 5.11 Å². The van der Waals surface area contributed by atoms with E-state index in [0.717, 1.165) is 25.1 Å². The largest absolute Gasteiger partial charge is 0.396 e. The van der Waals surface area contributed by atoms with Crippen LogP contribution in [0.15, 0.2) is 18.2 Å². The molecule has 0 bridgehead atoms. The molecule has 4 heteroatoms. The van der Waals surface area contributed by atoms with E-state index in [2.05, 4.69) is 25.2 Å². The van der Waals surface area contributed by atoms with Gasteiger partial charge in [0.15, 0.2) is 0 Å². The van der Waals surface area contributed by atoms with Gasteiger partial charge in [-0.1, -0.05) is 25.4 Å². The number of hydrogen-bond donors (Lipinski definition) is 2. The molecule has 1 aromatic rings. The topological polar surface area (TPSA) is 56.0 Å². The molecule has 0 aromatic heterocycles. The van der Waals surface area contributed by atoms with Crippen LogP contribution < -0.4 is 5.32 Å². The van der Waals surface area contributed by atoms with Crippen LogP contribution in [0, 0.1) is 16.7 Å². The van der Waals surface area contributed by atoms with Gasteiger partial charge in [-0.15, -0.1) is 0 Å². The van der Waals surface area contributed by atoms with Crippen LogP contribution in [0.2, 0.25) is 5.02 Å². The van der Waals surface area contributed by atoms with Crippen LogP contribution in [0.5, 0.6) is 0 Å². The average molecular weight is 267 g/mol. The highest BCUT2D eigenvalue weighted by Crippen LogP contribution is 2.25. The zero-order chi connectivity index (χ0) is 13.6. The Balaban J connectivity index is 2.66. The van der Waals surface area contributed by atoms with Gasteiger partial charge in [-0.3, -0.25) is 0 Å². The van der Waals surface area contributed by atoms with Gasteiger partial charge in [0, 0.05) is 18.2 Å². The molecule has 98 valence electrons. The average Bonchev–Trinajstić information content (AvgIpc) is 2.35. The highest BCUT2D eigenvalue weighted by molar-refractivity contribution is 6.30. The number of nitrogens with one attached hydrogen (secondary N) is 1. The van der Waals surface area contributed by atoms with Crippen molar-refractivity contribution in [3.8, 4) is 6.07 Å². The molecule has 0 radical (unpaired) electrons. The summed E-state index contributed by atoms with van der Waals surface area (Å²) in [5.41, 5.74) is 1.44. The zero-order valence-electron chi connectivity index (χ0n) is 10.8. The Kier molecular flexibility index (Phi) is 5.46. The van der Waals surface area contributed by atoms with E-state index in [9.17, 15) is 0 Å². The fourth-order valence-corrected chi connectivity index (χ4v) is 1.92. The SMILES string of the molecule is CC(C)(CCCO)CNc1ccc(Cl)cc1C#N. The number of nitrogens with zero attached hydrogens (tertiary/aromatic N) is 1. The van der Waals surface area contributed by atoms with E-state index in [0.29, 0.717) is 10.6 Å². The molecule has 0 unspecified atom stereocenters. The molecule has 1 rings (SSSR count). The van der Waals surface area contributed by atoms with Crippen molar-refractivity contribution in [1.82, 2.24) is 0 Å². The minimum atomic E-state index is 0.0785. The minimum Gasteiger partial charge on any atom is -0.396 e. The first-order valence-corrected chi connectivity index (χ1v) is 6.41. The molecule has 0 spiro atoms. The van der Waals surface area contributed by atoms with Crippen molar-refractivity contribution in [1.29, 1.82) is 5.26 Å². The molecule has 0 saturated carbocycles. The number of anilines is 1. The Morgan fingerprint density at radius 2 is 2.17 bits per heavy atom. The Bertz CT molecular complexity index is 438. The third kappa shape index (κ3) is 4.56. The van der Waals surface area contributed by atoms with Gasteiger partial charge in [-0.25, -0.2) is 0 Å². The van der Waals surface area contributed by atoms with Crippen LogP contribution in [0.1, 0.15) is 32.3 Å². The summed E-state index contributed by atoms with van der Waals surface area (Å²) >= 11 is 5.85. The highest BCUT2D eigenvalue weighted by atomic mass is 35.5. The van der Waals surface area contributed by atoms with Gasteiger partial charge in [0.25, 0.3) is 0 Å². The number of aliphatic hydroxyl groups is 1. The maximum absolute atomic E-state index is 9.03. The third-order valence-electron chi connectivity index (χ3n) is 2.87. The monoisotopic (exact) mass is 266 g/mol. The maximum Gasteiger partial charge on any atom is 0.101 e. The van der Waals surface area contributed by atoms with Crippen LogP contribution in [0.4, 0.5) is 5.69 Å². The Morgan fingerprint density at radius 3 is 2.78 bits per heavy atom. The van der Waals surface area contributed by atoms with Gasteiger partial charge >= 0.3 is 0 Å². The quantitative estimate of drug-likeness (QED) is 0.829. The fraction of sp³-hybridized carbons (Fsp3) is 0.500. The molecule has 0 aliphatic rings. The standard InChI is InChI=1S/C14H19ClN2O/c1-14(2,6-3-7-18)10-17-13-5-4-12(15)8-11(13)9-16/h4-5,8,17-18H,3,6-7,10H2,1-2H3. The first-order chi connectivity index (χ1) is 8.48. The van der Waals surface area contributed by atoms with Gasteiger partial charge in [0.2, 0.25) is 0 Å². The van der Waals surface area contributed by atoms with Gasteiger partial charge in [-0.2, -0.15) is 5.26 Å². The van der Waals surface area contributed by atoms with Crippen LogP contribution >= 0.6 is 11.6 Å². The minimum absolute atomic E-state index is 0.0785. The van der Waals surface area contributed by atoms with Crippen molar-refractivity contribution in [3.05, 3.63) is 28.8 Å². The summed E-state index contributed by atoms with van der Waals surface area (Å²) in [7, 11) is 0. The molecule has 0 aliphatic heterocycles. The van der Waals surface area contributed by atoms with E-state index in [-0.39, 0.29) is 12.0 Å². The second kappa shape index (κ2) is 6.63. The van der Waals surface area contributed by atoms with Crippen LogP contribution in [-0.4, -0.2) is 18.3 Å². The maximum atomic E-state index is 9.03. The van der Waals surface area contributed by atoms with Crippen molar-refractivity contribution in [2.75, 3.05) is 18.5 Å². The normalized spacial score (nSPS) is 11.1. The smallest absolute Gasteiger partial charge is 0.101 e. The van der Waals surface area contributed by atoms with Gasteiger partial charge in [0.05, 0.1) is 11.3 Å². The number of benzene rings is 1. The Morgan fingerprint density at radius 1 is 1.44 bits per heavy atom. The lowest BCUT2D eigenvalue weighted by Gasteiger charge is -2.25. The van der Waals surface area contributed by atoms with Gasteiger partial charge in [-0.05, 0) is 36.5 Å². The third-order valence-corrected chi connectivity index (χ3v) is 3.11. The summed E-state index contributed by atoms with van der Waals surface area (Å²) in [6, 6.07) is 7.38. The fourth-order valence-electron chi connectivity index (χ4n) is 1.74. The predicted molar refractivity (Wildman–Crippen MR) is 74.8 cm³/mol. The summed E-state index contributed by atoms with van der Waals surface area (Å²) in [6.45, 7) is 5.24. The van der Waals surface area contributed by atoms with Gasteiger partial charge in [0.1, 0.15) is 6.07 Å². The highest BCUT2D eigenvalue weighted by Gasteiger charge is 2.17. The van der Waals surface area contributed by atoms with E-state index < -0.39 is 0 Å². The van der Waals surface area contributed by atoms with E-state index in [1.54, 1.807) is 12.1 Å². The van der Waals surface area contributed by atoms with E-state index >= 15 is 0 Å². The molecule has 3 nitrogen and oxygen atoms in total. The number of halogens is 1. The lowest BCUT2D eigenvalue weighted by Crippen LogP contribution is -2.23. The zero-order valence-corrected chi connectivity index (χ0v) is 11.6. The van der Waals surface area contributed by atoms with Crippen molar-refractivity contribution in [3.63, 3.8) is 0 Å².